The molecule has 2 atom stereocenters. The Hall–Kier alpha value is -3.26. The summed E-state index contributed by atoms with van der Waals surface area (Å²) < 4.78 is 20.2. The summed E-state index contributed by atoms with van der Waals surface area (Å²) in [4.78, 5) is 8.62. The number of hydrogen-bond donors (Lipinski definition) is 1. The number of ether oxygens (including phenoxy) is 1. The smallest absolute Gasteiger partial charge is 0.213 e. The van der Waals surface area contributed by atoms with Crippen LogP contribution in [0.15, 0.2) is 42.6 Å². The lowest BCUT2D eigenvalue weighted by Crippen LogP contribution is -2.59. The predicted molar refractivity (Wildman–Crippen MR) is 132 cm³/mol. The van der Waals surface area contributed by atoms with Crippen molar-refractivity contribution < 1.29 is 14.2 Å². The van der Waals surface area contributed by atoms with Gasteiger partial charge in [-0.3, -0.25) is 0 Å². The van der Waals surface area contributed by atoms with Crippen LogP contribution >= 0.6 is 0 Å². The van der Waals surface area contributed by atoms with Gasteiger partial charge in [0.2, 0.25) is 5.88 Å². The third-order valence-electron chi connectivity index (χ3n) is 7.55. The molecule has 0 radical (unpaired) electrons. The van der Waals surface area contributed by atoms with Gasteiger partial charge in [-0.2, -0.15) is 0 Å². The zero-order valence-electron chi connectivity index (χ0n) is 20.6. The maximum atomic E-state index is 15.1. The molecule has 1 aromatic carbocycles. The molecule has 1 saturated heterocycles. The number of aromatic hydroxyl groups is 1. The standard InChI is InChI=1S/C26H32FN5O2/c1-16-21(10-12-31(4)26(16,2)3)32(5)23-8-7-20(29-30-23)25-19(27)13-18(14-22(25)33)17-9-11-28-24(15-17)34-6/h7-9,11,13-16,21,33H,10,12H2,1-6H3. The summed E-state index contributed by atoms with van der Waals surface area (Å²) in [6.45, 7) is 7.81. The van der Waals surface area contributed by atoms with E-state index in [1.165, 1.54) is 19.2 Å². The molecule has 0 saturated carbocycles. The van der Waals surface area contributed by atoms with E-state index >= 15 is 4.39 Å². The van der Waals surface area contributed by atoms with E-state index in [-0.39, 0.29) is 22.5 Å². The van der Waals surface area contributed by atoms with Gasteiger partial charge in [0.25, 0.3) is 0 Å². The average Bonchev–Trinajstić information content (AvgIpc) is 2.82. The fourth-order valence-electron chi connectivity index (χ4n) is 4.74. The highest BCUT2D eigenvalue weighted by Crippen LogP contribution is 2.37. The molecule has 3 heterocycles. The highest BCUT2D eigenvalue weighted by atomic mass is 19.1. The summed E-state index contributed by atoms with van der Waals surface area (Å²) >= 11 is 0. The molecule has 0 amide bonds. The maximum absolute atomic E-state index is 15.1. The molecular formula is C26H32FN5O2. The first-order valence-electron chi connectivity index (χ1n) is 11.4. The van der Waals surface area contributed by atoms with Crippen LogP contribution in [-0.2, 0) is 0 Å². The quantitative estimate of drug-likeness (QED) is 0.590. The predicted octanol–water partition coefficient (Wildman–Crippen LogP) is 4.61. The summed E-state index contributed by atoms with van der Waals surface area (Å²) in [6.07, 6.45) is 2.60. The molecule has 34 heavy (non-hydrogen) atoms. The Morgan fingerprint density at radius 1 is 1.15 bits per heavy atom. The lowest BCUT2D eigenvalue weighted by molar-refractivity contribution is 0.0391. The van der Waals surface area contributed by atoms with Crippen LogP contribution in [0, 0.1) is 11.7 Å². The summed E-state index contributed by atoms with van der Waals surface area (Å²) in [5, 5.41) is 19.3. The van der Waals surface area contributed by atoms with Crippen molar-refractivity contribution in [3.63, 3.8) is 0 Å². The van der Waals surface area contributed by atoms with Gasteiger partial charge in [-0.15, -0.1) is 10.2 Å². The summed E-state index contributed by atoms with van der Waals surface area (Å²) in [5.74, 6) is 0.771. The third kappa shape index (κ3) is 4.30. The number of nitrogens with zero attached hydrogens (tertiary/aromatic N) is 5. The average molecular weight is 466 g/mol. The first kappa shape index (κ1) is 23.9. The first-order valence-corrected chi connectivity index (χ1v) is 11.4. The number of aromatic nitrogens is 3. The zero-order valence-corrected chi connectivity index (χ0v) is 20.6. The number of halogens is 1. The molecule has 3 aromatic rings. The Balaban J connectivity index is 1.59. The van der Waals surface area contributed by atoms with E-state index in [2.05, 4.69) is 52.8 Å². The van der Waals surface area contributed by atoms with Gasteiger partial charge >= 0.3 is 0 Å². The minimum Gasteiger partial charge on any atom is -0.507 e. The molecule has 8 heteroatoms. The normalized spacial score (nSPS) is 20.2. The van der Waals surface area contributed by atoms with Crippen molar-refractivity contribution in [2.45, 2.75) is 38.8 Å². The van der Waals surface area contributed by atoms with Crippen molar-refractivity contribution in [2.75, 3.05) is 32.6 Å². The van der Waals surface area contributed by atoms with Crippen molar-refractivity contribution >= 4 is 5.82 Å². The SMILES string of the molecule is COc1cc(-c2cc(O)c(-c3ccc(N(C)C4CCN(C)C(C)(C)C4C)nn3)c(F)c2)ccn1. The van der Waals surface area contributed by atoms with E-state index in [1.807, 2.05) is 13.1 Å². The second kappa shape index (κ2) is 9.18. The number of rotatable bonds is 5. The summed E-state index contributed by atoms with van der Waals surface area (Å²) in [6, 6.07) is 10.1. The van der Waals surface area contributed by atoms with Crippen LogP contribution in [0.2, 0.25) is 0 Å². The lowest BCUT2D eigenvalue weighted by atomic mass is 9.77. The minimum absolute atomic E-state index is 0.0280. The van der Waals surface area contributed by atoms with Gasteiger partial charge in [0.1, 0.15) is 11.6 Å². The van der Waals surface area contributed by atoms with Crippen LogP contribution in [0.5, 0.6) is 11.6 Å². The molecular weight excluding hydrogens is 433 g/mol. The number of pyridine rings is 1. The lowest BCUT2D eigenvalue weighted by Gasteiger charge is -2.51. The number of anilines is 1. The Labute approximate surface area is 200 Å². The van der Waals surface area contributed by atoms with Crippen molar-refractivity contribution in [1.29, 1.82) is 0 Å². The molecule has 1 N–H and O–H groups in total. The van der Waals surface area contributed by atoms with Crippen LogP contribution in [-0.4, -0.2) is 64.5 Å². The minimum atomic E-state index is -0.577. The van der Waals surface area contributed by atoms with Crippen molar-refractivity contribution in [1.82, 2.24) is 20.1 Å². The van der Waals surface area contributed by atoms with Gasteiger partial charge in [0.05, 0.1) is 18.4 Å². The largest absolute Gasteiger partial charge is 0.507 e. The fraction of sp³-hybridized carbons (Fsp3) is 0.423. The second-order valence-electron chi connectivity index (χ2n) is 9.55. The van der Waals surface area contributed by atoms with E-state index in [4.69, 9.17) is 4.74 Å². The van der Waals surface area contributed by atoms with Gasteiger partial charge in [0.15, 0.2) is 5.82 Å². The molecule has 1 aliphatic rings. The summed E-state index contributed by atoms with van der Waals surface area (Å²) in [5.41, 5.74) is 1.58. The Kier molecular flexibility index (Phi) is 6.45. The number of piperidine rings is 1. The van der Waals surface area contributed by atoms with Crippen molar-refractivity contribution in [3.05, 3.63) is 48.4 Å². The molecule has 4 rings (SSSR count). The molecule has 2 aromatic heterocycles. The van der Waals surface area contributed by atoms with Crippen LogP contribution in [0.1, 0.15) is 27.2 Å². The van der Waals surface area contributed by atoms with E-state index < -0.39 is 5.82 Å². The van der Waals surface area contributed by atoms with Crippen LogP contribution < -0.4 is 9.64 Å². The van der Waals surface area contributed by atoms with Gasteiger partial charge in [0, 0.05) is 37.4 Å². The number of phenols is 1. The highest BCUT2D eigenvalue weighted by Gasteiger charge is 2.41. The molecule has 2 unspecified atom stereocenters. The van der Waals surface area contributed by atoms with E-state index in [0.29, 0.717) is 29.0 Å². The maximum Gasteiger partial charge on any atom is 0.213 e. The fourth-order valence-corrected chi connectivity index (χ4v) is 4.74. The topological polar surface area (TPSA) is 74.6 Å². The number of benzene rings is 1. The zero-order chi connectivity index (χ0) is 24.6. The van der Waals surface area contributed by atoms with E-state index in [9.17, 15) is 5.11 Å². The van der Waals surface area contributed by atoms with Crippen LogP contribution in [0.25, 0.3) is 22.4 Å². The molecule has 1 aliphatic heterocycles. The molecule has 180 valence electrons. The van der Waals surface area contributed by atoms with E-state index in [0.717, 1.165) is 18.8 Å². The van der Waals surface area contributed by atoms with Gasteiger partial charge in [-0.25, -0.2) is 9.37 Å². The number of phenolic OH excluding ortho intramolecular Hbond substituents is 1. The van der Waals surface area contributed by atoms with Gasteiger partial charge in [-0.1, -0.05) is 6.92 Å². The Morgan fingerprint density at radius 2 is 1.91 bits per heavy atom. The number of likely N-dealkylation sites (tertiary alicyclic amines) is 1. The molecule has 0 bridgehead atoms. The summed E-state index contributed by atoms with van der Waals surface area (Å²) in [7, 11) is 5.71. The van der Waals surface area contributed by atoms with Crippen LogP contribution in [0.4, 0.5) is 10.2 Å². The van der Waals surface area contributed by atoms with Crippen LogP contribution in [0.3, 0.4) is 0 Å². The Bertz CT molecular complexity index is 1150. The second-order valence-corrected chi connectivity index (χ2v) is 9.55. The van der Waals surface area contributed by atoms with Crippen molar-refractivity contribution in [3.8, 4) is 34.0 Å². The monoisotopic (exact) mass is 465 g/mol. The molecule has 7 nitrogen and oxygen atoms in total. The first-order chi connectivity index (χ1) is 16.1. The van der Waals surface area contributed by atoms with E-state index in [1.54, 1.807) is 24.4 Å². The number of hydrogen-bond acceptors (Lipinski definition) is 7. The van der Waals surface area contributed by atoms with Crippen molar-refractivity contribution in [2.24, 2.45) is 5.92 Å². The highest BCUT2D eigenvalue weighted by molar-refractivity contribution is 5.75. The number of methoxy groups -OCH3 is 1. The molecule has 0 spiro atoms. The Morgan fingerprint density at radius 3 is 2.56 bits per heavy atom. The molecule has 0 aliphatic carbocycles. The van der Waals surface area contributed by atoms with Gasteiger partial charge < -0.3 is 19.6 Å². The van der Waals surface area contributed by atoms with Gasteiger partial charge in [-0.05, 0) is 74.7 Å². The third-order valence-corrected chi connectivity index (χ3v) is 7.55. The molecule has 1 fully saturated rings.